The number of rotatable bonds is 9. The van der Waals surface area contributed by atoms with Gasteiger partial charge in [-0.05, 0) is 39.3 Å². The summed E-state index contributed by atoms with van der Waals surface area (Å²) in [6, 6.07) is -0.901. The molecule has 1 aromatic heterocycles. The average molecular weight is 644 g/mol. The molecule has 0 spiro atoms. The van der Waals surface area contributed by atoms with Crippen molar-refractivity contribution in [3.63, 3.8) is 0 Å². The monoisotopic (exact) mass is 643 g/mol. The van der Waals surface area contributed by atoms with E-state index in [0.29, 0.717) is 18.0 Å². The quantitative estimate of drug-likeness (QED) is 0.234. The van der Waals surface area contributed by atoms with Crippen LogP contribution in [0.5, 0.6) is 0 Å². The molecule has 4 heterocycles. The van der Waals surface area contributed by atoms with Crippen LogP contribution < -0.4 is 5.32 Å². The normalized spacial score (nSPS) is 24.1. The van der Waals surface area contributed by atoms with Crippen molar-refractivity contribution in [2.75, 3.05) is 33.3 Å². The third kappa shape index (κ3) is 5.89. The van der Waals surface area contributed by atoms with Crippen LogP contribution in [0.15, 0.2) is 40.0 Å². The lowest BCUT2D eigenvalue weighted by Gasteiger charge is -2.31. The minimum absolute atomic E-state index is 0.00765. The number of hydrogen-bond donors (Lipinski definition) is 2. The smallest absolute Gasteiger partial charge is 0.338 e. The molecule has 3 aliphatic rings. The Bertz CT molecular complexity index is 1490. The fraction of sp³-hybridized carbons (Fsp3) is 0.500. The summed E-state index contributed by atoms with van der Waals surface area (Å²) in [6.45, 7) is 2.92. The standard InChI is InChI=1S/C28H30ClF4N5O4S/c1-27(2,26(40)41)7-10-37-9-6-17-22(37)28(32,33)13-38(17)12-16-18(25(39)42-3)21(14-4-5-15(30)20(31)19(14)29)36-23(35-16)24-34-8-11-43-24/h4-5,8,11,17,21-22H,6-7,9-10,12-13H2,1-3H3,(H,35,36)(H,40,41)/t17-,21-,22+/m0/s1. The van der Waals surface area contributed by atoms with Gasteiger partial charge in [-0.1, -0.05) is 17.7 Å². The first-order chi connectivity index (χ1) is 20.2. The number of alkyl halides is 2. The van der Waals surface area contributed by atoms with Crippen molar-refractivity contribution < 1.29 is 37.0 Å². The Morgan fingerprint density at radius 2 is 2.02 bits per heavy atom. The zero-order valence-electron chi connectivity index (χ0n) is 23.5. The van der Waals surface area contributed by atoms with Gasteiger partial charge in [-0.2, -0.15) is 0 Å². The Labute approximate surface area is 254 Å². The number of ether oxygens (including phenoxy) is 1. The molecule has 9 nitrogen and oxygen atoms in total. The molecule has 2 saturated heterocycles. The fourth-order valence-corrected chi connectivity index (χ4v) is 6.75. The Morgan fingerprint density at radius 1 is 1.28 bits per heavy atom. The minimum atomic E-state index is -3.12. The number of methoxy groups -OCH3 is 1. The Balaban J connectivity index is 1.51. The number of carboxylic acid groups (broad SMARTS) is 1. The van der Waals surface area contributed by atoms with E-state index in [1.165, 1.54) is 23.6 Å². The van der Waals surface area contributed by atoms with Gasteiger partial charge in [-0.3, -0.25) is 19.6 Å². The van der Waals surface area contributed by atoms with E-state index in [1.807, 2.05) is 0 Å². The maximum Gasteiger partial charge on any atom is 0.338 e. The van der Waals surface area contributed by atoms with Gasteiger partial charge in [0.25, 0.3) is 5.92 Å². The molecule has 15 heteroatoms. The molecule has 0 saturated carbocycles. The van der Waals surface area contributed by atoms with Gasteiger partial charge in [-0.15, -0.1) is 11.3 Å². The summed E-state index contributed by atoms with van der Waals surface area (Å²) in [6.07, 6.45) is 2.14. The molecule has 2 aromatic rings. The number of benzene rings is 1. The van der Waals surface area contributed by atoms with E-state index < -0.39 is 64.6 Å². The van der Waals surface area contributed by atoms with Crippen molar-refractivity contribution >= 4 is 40.7 Å². The summed E-state index contributed by atoms with van der Waals surface area (Å²) in [5.74, 6) is -7.25. The van der Waals surface area contributed by atoms with E-state index in [0.717, 1.165) is 13.2 Å². The molecular weight excluding hydrogens is 614 g/mol. The number of hydrogen-bond acceptors (Lipinski definition) is 9. The average Bonchev–Trinajstić information content (AvgIpc) is 3.69. The van der Waals surface area contributed by atoms with E-state index in [-0.39, 0.29) is 42.2 Å². The van der Waals surface area contributed by atoms with Gasteiger partial charge in [0, 0.05) is 42.0 Å². The molecule has 2 fully saturated rings. The highest BCUT2D eigenvalue weighted by molar-refractivity contribution is 7.11. The number of aromatic nitrogens is 1. The summed E-state index contributed by atoms with van der Waals surface area (Å²) in [5, 5.41) is 14.1. The first-order valence-electron chi connectivity index (χ1n) is 13.5. The van der Waals surface area contributed by atoms with Crippen LogP contribution in [0.4, 0.5) is 17.6 Å². The molecule has 0 bridgehead atoms. The third-order valence-electron chi connectivity index (χ3n) is 8.28. The highest BCUT2D eigenvalue weighted by Crippen LogP contribution is 2.44. The van der Waals surface area contributed by atoms with Crippen LogP contribution in [-0.4, -0.2) is 89.0 Å². The van der Waals surface area contributed by atoms with Crippen molar-refractivity contribution in [3.05, 3.63) is 62.2 Å². The van der Waals surface area contributed by atoms with Crippen LogP contribution in [-0.2, 0) is 14.3 Å². The SMILES string of the molecule is COC(=O)C1=C(CN2CC(F)(F)[C@H]3[C@@H]2CCN3CCC(C)(C)C(=O)O)NC(c2nccs2)=N[C@H]1c1ccc(F)c(F)c1Cl. The van der Waals surface area contributed by atoms with Gasteiger partial charge in [0.1, 0.15) is 6.04 Å². The lowest BCUT2D eigenvalue weighted by atomic mass is 9.89. The number of fused-ring (bicyclic) bond motifs is 1. The summed E-state index contributed by atoms with van der Waals surface area (Å²) >= 11 is 7.43. The molecule has 232 valence electrons. The van der Waals surface area contributed by atoms with Crippen LogP contribution >= 0.6 is 22.9 Å². The van der Waals surface area contributed by atoms with Crippen LogP contribution in [0, 0.1) is 17.0 Å². The van der Waals surface area contributed by atoms with Crippen LogP contribution in [0.1, 0.15) is 43.3 Å². The van der Waals surface area contributed by atoms with Crippen LogP contribution in [0.3, 0.4) is 0 Å². The molecule has 0 unspecified atom stereocenters. The largest absolute Gasteiger partial charge is 0.481 e. The molecular formula is C28H30ClF4N5O4S. The number of nitrogens with one attached hydrogen (secondary N) is 1. The predicted molar refractivity (Wildman–Crippen MR) is 151 cm³/mol. The minimum Gasteiger partial charge on any atom is -0.481 e. The summed E-state index contributed by atoms with van der Waals surface area (Å²) in [7, 11) is 1.14. The molecule has 0 amide bonds. The van der Waals surface area contributed by atoms with E-state index in [9.17, 15) is 23.5 Å². The van der Waals surface area contributed by atoms with Crippen molar-refractivity contribution in [1.29, 1.82) is 0 Å². The number of carbonyl (C=O) groups is 2. The predicted octanol–water partition coefficient (Wildman–Crippen LogP) is 4.49. The summed E-state index contributed by atoms with van der Waals surface area (Å²) in [5.41, 5.74) is -0.966. The zero-order valence-corrected chi connectivity index (χ0v) is 25.1. The number of aliphatic imine (C=N–C) groups is 1. The summed E-state index contributed by atoms with van der Waals surface area (Å²) < 4.78 is 64.7. The topological polar surface area (TPSA) is 107 Å². The Kier molecular flexibility index (Phi) is 8.60. The van der Waals surface area contributed by atoms with Crippen LogP contribution in [0.25, 0.3) is 0 Å². The summed E-state index contributed by atoms with van der Waals surface area (Å²) in [4.78, 5) is 36.8. The van der Waals surface area contributed by atoms with Gasteiger partial charge >= 0.3 is 11.9 Å². The second-order valence-corrected chi connectivity index (χ2v) is 12.7. The van der Waals surface area contributed by atoms with E-state index in [2.05, 4.69) is 15.3 Å². The van der Waals surface area contributed by atoms with Crippen molar-refractivity contribution in [1.82, 2.24) is 20.1 Å². The number of thiazole rings is 1. The first-order valence-corrected chi connectivity index (χ1v) is 14.8. The number of esters is 1. The number of aliphatic carboxylic acids is 1. The van der Waals surface area contributed by atoms with Crippen LogP contribution in [0.2, 0.25) is 5.02 Å². The molecule has 5 rings (SSSR count). The number of carbonyl (C=O) groups excluding carboxylic acids is 1. The highest BCUT2D eigenvalue weighted by Gasteiger charge is 2.59. The van der Waals surface area contributed by atoms with E-state index >= 15 is 8.78 Å². The van der Waals surface area contributed by atoms with Crippen molar-refractivity contribution in [2.24, 2.45) is 10.4 Å². The number of nitrogens with zero attached hydrogens (tertiary/aromatic N) is 4. The number of halogens is 5. The Morgan fingerprint density at radius 3 is 2.67 bits per heavy atom. The second kappa shape index (κ2) is 11.8. The lowest BCUT2D eigenvalue weighted by Crippen LogP contribution is -2.46. The van der Waals surface area contributed by atoms with Crippen molar-refractivity contribution in [2.45, 2.75) is 50.7 Å². The van der Waals surface area contributed by atoms with Gasteiger partial charge in [0.05, 0.1) is 35.7 Å². The number of amidine groups is 1. The number of carboxylic acids is 1. The second-order valence-electron chi connectivity index (χ2n) is 11.4. The van der Waals surface area contributed by atoms with Gasteiger partial charge < -0.3 is 15.2 Å². The molecule has 2 N–H and O–H groups in total. The number of likely N-dealkylation sites (tertiary alicyclic amines) is 2. The fourth-order valence-electron chi connectivity index (χ4n) is 5.90. The maximum atomic E-state index is 15.6. The van der Waals surface area contributed by atoms with E-state index in [1.54, 1.807) is 29.0 Å². The van der Waals surface area contributed by atoms with Gasteiger partial charge in [-0.25, -0.2) is 27.3 Å². The van der Waals surface area contributed by atoms with Crippen molar-refractivity contribution in [3.8, 4) is 0 Å². The molecule has 43 heavy (non-hydrogen) atoms. The molecule has 0 aliphatic carbocycles. The van der Waals surface area contributed by atoms with Gasteiger partial charge in [0.15, 0.2) is 22.5 Å². The molecule has 0 radical (unpaired) electrons. The van der Waals surface area contributed by atoms with E-state index in [4.69, 9.17) is 16.3 Å². The van der Waals surface area contributed by atoms with Gasteiger partial charge in [0.2, 0.25) is 0 Å². The molecule has 3 aliphatic heterocycles. The zero-order chi connectivity index (χ0) is 31.3. The molecule has 3 atom stereocenters. The molecule has 1 aromatic carbocycles. The first kappa shape index (κ1) is 31.4. The highest BCUT2D eigenvalue weighted by atomic mass is 35.5. The third-order valence-corrected chi connectivity index (χ3v) is 9.44. The Hall–Kier alpha value is -3.07. The lowest BCUT2D eigenvalue weighted by molar-refractivity contribution is -0.147. The maximum absolute atomic E-state index is 15.6.